The van der Waals surface area contributed by atoms with Gasteiger partial charge < -0.3 is 5.73 Å². The smallest absolute Gasteiger partial charge is 0.192 e. The Balaban J connectivity index is 2.27. The van der Waals surface area contributed by atoms with E-state index in [1.54, 1.807) is 11.3 Å². The summed E-state index contributed by atoms with van der Waals surface area (Å²) in [4.78, 5) is 0.985. The molecule has 0 aliphatic heterocycles. The van der Waals surface area contributed by atoms with E-state index in [1.807, 2.05) is 17.5 Å². The Bertz CT molecular complexity index is 880. The molecule has 0 amide bonds. The second-order valence-electron chi connectivity index (χ2n) is 8.23. The lowest BCUT2D eigenvalue weighted by Crippen LogP contribution is -2.44. The van der Waals surface area contributed by atoms with Gasteiger partial charge in [-0.25, -0.2) is 0 Å². The molecule has 5 heteroatoms. The van der Waals surface area contributed by atoms with Gasteiger partial charge >= 0.3 is 0 Å². The molecular formula is C21H22N4S. The molecule has 1 aromatic heterocycles. The van der Waals surface area contributed by atoms with E-state index in [2.05, 4.69) is 45.1 Å². The van der Waals surface area contributed by atoms with E-state index in [-0.39, 0.29) is 22.9 Å². The lowest BCUT2D eigenvalue weighted by atomic mass is 9.55. The standard InChI is InChI=1S/C21H22N4S/c1-20(2,3)13-6-7-14-15(9-13)18(17-5-4-8-26-17)21(11-23,12-24)19(25)16(14)10-22/h4-5,7-8,13,15,18H,6,9,25H2,1-3H3/t13-,15+,18+/m1/s1. The summed E-state index contributed by atoms with van der Waals surface area (Å²) in [5, 5.41) is 31.7. The van der Waals surface area contributed by atoms with Gasteiger partial charge in [0.2, 0.25) is 0 Å². The van der Waals surface area contributed by atoms with Crippen LogP contribution in [0.4, 0.5) is 0 Å². The molecule has 0 aromatic carbocycles. The molecular weight excluding hydrogens is 340 g/mol. The highest BCUT2D eigenvalue weighted by Crippen LogP contribution is 2.58. The van der Waals surface area contributed by atoms with Crippen molar-refractivity contribution in [1.82, 2.24) is 0 Å². The number of rotatable bonds is 1. The first-order chi connectivity index (χ1) is 12.3. The van der Waals surface area contributed by atoms with Gasteiger partial charge in [-0.15, -0.1) is 11.3 Å². The van der Waals surface area contributed by atoms with Crippen molar-refractivity contribution in [2.24, 2.45) is 28.4 Å². The van der Waals surface area contributed by atoms with Crippen LogP contribution in [0.15, 0.2) is 40.4 Å². The van der Waals surface area contributed by atoms with Crippen molar-refractivity contribution in [1.29, 1.82) is 15.8 Å². The Morgan fingerprint density at radius 2 is 1.92 bits per heavy atom. The first kappa shape index (κ1) is 18.2. The van der Waals surface area contributed by atoms with E-state index in [4.69, 9.17) is 5.73 Å². The molecule has 1 heterocycles. The van der Waals surface area contributed by atoms with E-state index < -0.39 is 5.41 Å². The fraction of sp³-hybridized carbons (Fsp3) is 0.476. The first-order valence-electron chi connectivity index (χ1n) is 8.76. The van der Waals surface area contributed by atoms with Crippen molar-refractivity contribution in [3.63, 3.8) is 0 Å². The molecule has 0 spiro atoms. The summed E-state index contributed by atoms with van der Waals surface area (Å²) in [7, 11) is 0. The second-order valence-corrected chi connectivity index (χ2v) is 9.20. The molecule has 0 bridgehead atoms. The number of hydrogen-bond acceptors (Lipinski definition) is 5. The monoisotopic (exact) mass is 362 g/mol. The summed E-state index contributed by atoms with van der Waals surface area (Å²) in [5.74, 6) is 0.0342. The molecule has 0 fully saturated rings. The van der Waals surface area contributed by atoms with Crippen LogP contribution in [0.25, 0.3) is 0 Å². The van der Waals surface area contributed by atoms with Gasteiger partial charge in [-0.3, -0.25) is 0 Å². The van der Waals surface area contributed by atoms with Crippen LogP contribution in [-0.2, 0) is 0 Å². The fourth-order valence-corrected chi connectivity index (χ4v) is 5.33. The minimum atomic E-state index is -1.50. The zero-order valence-corrected chi connectivity index (χ0v) is 16.1. The van der Waals surface area contributed by atoms with Gasteiger partial charge in [-0.2, -0.15) is 15.8 Å². The number of fused-ring (bicyclic) bond motifs is 1. The predicted molar refractivity (Wildman–Crippen MR) is 101 cm³/mol. The lowest BCUT2D eigenvalue weighted by Gasteiger charge is -2.46. The van der Waals surface area contributed by atoms with E-state index >= 15 is 0 Å². The zero-order chi connectivity index (χ0) is 19.1. The molecule has 4 nitrogen and oxygen atoms in total. The Labute approximate surface area is 158 Å². The van der Waals surface area contributed by atoms with Crippen molar-refractivity contribution >= 4 is 11.3 Å². The number of nitrogens with zero attached hydrogens (tertiary/aromatic N) is 3. The third kappa shape index (κ3) is 2.54. The number of nitrogens with two attached hydrogens (primary N) is 1. The highest BCUT2D eigenvalue weighted by molar-refractivity contribution is 7.10. The number of thiophene rings is 1. The van der Waals surface area contributed by atoms with E-state index in [0.717, 1.165) is 23.3 Å². The maximum Gasteiger partial charge on any atom is 0.192 e. The molecule has 1 aromatic rings. The highest BCUT2D eigenvalue weighted by atomic mass is 32.1. The molecule has 2 N–H and O–H groups in total. The molecule has 0 saturated heterocycles. The van der Waals surface area contributed by atoms with Crippen LogP contribution in [0.2, 0.25) is 0 Å². The van der Waals surface area contributed by atoms with Crippen LogP contribution in [0.1, 0.15) is 44.4 Å². The van der Waals surface area contributed by atoms with Crippen molar-refractivity contribution in [3.8, 4) is 18.2 Å². The molecule has 3 atom stereocenters. The Morgan fingerprint density at radius 3 is 2.42 bits per heavy atom. The first-order valence-corrected chi connectivity index (χ1v) is 9.64. The molecule has 2 aliphatic carbocycles. The van der Waals surface area contributed by atoms with Gasteiger partial charge in [0.15, 0.2) is 5.41 Å². The largest absolute Gasteiger partial charge is 0.399 e. The minimum absolute atomic E-state index is 0.0483. The van der Waals surface area contributed by atoms with Crippen molar-refractivity contribution < 1.29 is 0 Å². The topological polar surface area (TPSA) is 97.4 Å². The second kappa shape index (κ2) is 6.31. The van der Waals surface area contributed by atoms with E-state index in [9.17, 15) is 15.8 Å². The molecule has 0 saturated carbocycles. The molecule has 0 unspecified atom stereocenters. The van der Waals surface area contributed by atoms with Crippen LogP contribution in [0.3, 0.4) is 0 Å². The predicted octanol–water partition coefficient (Wildman–Crippen LogP) is 4.61. The molecule has 0 radical (unpaired) electrons. The van der Waals surface area contributed by atoms with Crippen LogP contribution in [0.5, 0.6) is 0 Å². The molecule has 2 aliphatic rings. The van der Waals surface area contributed by atoms with Gasteiger partial charge in [-0.05, 0) is 47.1 Å². The van der Waals surface area contributed by atoms with Crippen molar-refractivity contribution in [2.75, 3.05) is 0 Å². The average Bonchev–Trinajstić information content (AvgIpc) is 3.13. The summed E-state index contributed by atoms with van der Waals surface area (Å²) >= 11 is 1.55. The highest BCUT2D eigenvalue weighted by Gasteiger charge is 2.55. The molecule has 26 heavy (non-hydrogen) atoms. The summed E-state index contributed by atoms with van der Waals surface area (Å²) < 4.78 is 0. The Morgan fingerprint density at radius 1 is 1.23 bits per heavy atom. The number of allylic oxidation sites excluding steroid dienone is 4. The summed E-state index contributed by atoms with van der Waals surface area (Å²) in [5.41, 5.74) is 6.27. The summed E-state index contributed by atoms with van der Waals surface area (Å²) in [6.07, 6.45) is 3.85. The van der Waals surface area contributed by atoms with Crippen LogP contribution in [-0.4, -0.2) is 0 Å². The Hall–Kier alpha value is -2.55. The third-order valence-corrected chi connectivity index (χ3v) is 6.91. The summed E-state index contributed by atoms with van der Waals surface area (Å²) in [6.45, 7) is 6.66. The van der Waals surface area contributed by atoms with Crippen LogP contribution in [0, 0.1) is 56.7 Å². The van der Waals surface area contributed by atoms with Crippen LogP contribution < -0.4 is 5.73 Å². The SMILES string of the molecule is CC(C)(C)[C@@H]1CC=C2C(C#N)=C(N)C(C#N)(C#N)[C@H](c3cccs3)[C@H]2C1. The minimum Gasteiger partial charge on any atom is -0.399 e. The molecule has 132 valence electrons. The maximum absolute atomic E-state index is 10.00. The van der Waals surface area contributed by atoms with Crippen molar-refractivity contribution in [2.45, 2.75) is 39.5 Å². The van der Waals surface area contributed by atoms with E-state index in [1.165, 1.54) is 0 Å². The third-order valence-electron chi connectivity index (χ3n) is 5.95. The Kier molecular flexibility index (Phi) is 4.43. The normalized spacial score (nSPS) is 27.5. The van der Waals surface area contributed by atoms with Crippen molar-refractivity contribution in [3.05, 3.63) is 45.3 Å². The summed E-state index contributed by atoms with van der Waals surface area (Å²) in [6, 6.07) is 10.5. The zero-order valence-electron chi connectivity index (χ0n) is 15.3. The maximum atomic E-state index is 10.00. The fourth-order valence-electron chi connectivity index (χ4n) is 4.37. The van der Waals surface area contributed by atoms with Gasteiger partial charge in [0, 0.05) is 10.8 Å². The van der Waals surface area contributed by atoms with Gasteiger partial charge in [-0.1, -0.05) is 32.9 Å². The van der Waals surface area contributed by atoms with Crippen LogP contribution >= 0.6 is 11.3 Å². The lowest BCUT2D eigenvalue weighted by molar-refractivity contribution is 0.171. The van der Waals surface area contributed by atoms with Gasteiger partial charge in [0.05, 0.1) is 23.4 Å². The quantitative estimate of drug-likeness (QED) is 0.788. The van der Waals surface area contributed by atoms with Gasteiger partial charge in [0.25, 0.3) is 0 Å². The number of hydrogen-bond donors (Lipinski definition) is 1. The van der Waals surface area contributed by atoms with Gasteiger partial charge in [0.1, 0.15) is 6.07 Å². The van der Waals surface area contributed by atoms with E-state index in [0.29, 0.717) is 11.5 Å². The number of nitriles is 3. The molecule has 3 rings (SSSR count). The average molecular weight is 363 g/mol.